The Balaban J connectivity index is 2.15. The Bertz CT molecular complexity index is 885. The summed E-state index contributed by atoms with van der Waals surface area (Å²) in [7, 11) is 0. The Morgan fingerprint density at radius 2 is 1.75 bits per heavy atom. The molecule has 0 fully saturated rings. The van der Waals surface area contributed by atoms with Crippen LogP contribution in [-0.2, 0) is 6.42 Å². The van der Waals surface area contributed by atoms with Crippen LogP contribution >= 0.6 is 0 Å². The fourth-order valence-corrected chi connectivity index (χ4v) is 2.97. The van der Waals surface area contributed by atoms with Crippen molar-refractivity contribution in [2.45, 2.75) is 40.0 Å². The van der Waals surface area contributed by atoms with E-state index in [0.29, 0.717) is 0 Å². The second-order valence-electron chi connectivity index (χ2n) is 6.41. The zero-order valence-corrected chi connectivity index (χ0v) is 14.6. The van der Waals surface area contributed by atoms with Crippen molar-refractivity contribution in [2.24, 2.45) is 0 Å². The van der Waals surface area contributed by atoms with Gasteiger partial charge in [-0.05, 0) is 49.9 Å². The minimum Gasteiger partial charge on any atom is -0.290 e. The maximum absolute atomic E-state index is 13.0. The molecule has 0 spiro atoms. The SMILES string of the molecule is CCCCc1c(-c2ccc(C)cc2)[nH]n(-c2cccc(C)c2)c1=O. The van der Waals surface area contributed by atoms with Crippen molar-refractivity contribution >= 4 is 0 Å². The van der Waals surface area contributed by atoms with Gasteiger partial charge in [0.1, 0.15) is 0 Å². The lowest BCUT2D eigenvalue weighted by atomic mass is 10.0. The molecule has 0 amide bonds. The van der Waals surface area contributed by atoms with Crippen molar-refractivity contribution in [3.63, 3.8) is 0 Å². The quantitative estimate of drug-likeness (QED) is 0.721. The van der Waals surface area contributed by atoms with Gasteiger partial charge in [0.25, 0.3) is 5.56 Å². The van der Waals surface area contributed by atoms with Crippen LogP contribution in [0.3, 0.4) is 0 Å². The number of rotatable bonds is 5. The van der Waals surface area contributed by atoms with Gasteiger partial charge in [-0.3, -0.25) is 9.89 Å². The second-order valence-corrected chi connectivity index (χ2v) is 6.41. The lowest BCUT2D eigenvalue weighted by Gasteiger charge is -2.04. The lowest BCUT2D eigenvalue weighted by Crippen LogP contribution is -2.17. The van der Waals surface area contributed by atoms with Gasteiger partial charge in [-0.1, -0.05) is 55.3 Å². The van der Waals surface area contributed by atoms with Crippen molar-refractivity contribution in [3.05, 3.63) is 75.6 Å². The Kier molecular flexibility index (Phi) is 4.70. The normalized spacial score (nSPS) is 11.0. The molecule has 1 heterocycles. The molecule has 0 aliphatic carbocycles. The van der Waals surface area contributed by atoms with E-state index in [1.807, 2.05) is 31.2 Å². The van der Waals surface area contributed by atoms with E-state index in [1.165, 1.54) is 5.56 Å². The number of aromatic amines is 1. The number of H-pyrrole nitrogens is 1. The smallest absolute Gasteiger partial charge is 0.275 e. The Hall–Kier alpha value is -2.55. The molecule has 24 heavy (non-hydrogen) atoms. The maximum atomic E-state index is 13.0. The van der Waals surface area contributed by atoms with E-state index >= 15 is 0 Å². The molecule has 0 atom stereocenters. The van der Waals surface area contributed by atoms with Gasteiger partial charge in [0, 0.05) is 5.56 Å². The molecule has 0 aliphatic heterocycles. The van der Waals surface area contributed by atoms with Crippen LogP contribution in [-0.4, -0.2) is 9.78 Å². The van der Waals surface area contributed by atoms with Crippen molar-refractivity contribution in [3.8, 4) is 16.9 Å². The number of nitrogens with zero attached hydrogens (tertiary/aromatic N) is 1. The molecular weight excluding hydrogens is 296 g/mol. The number of hydrogen-bond acceptors (Lipinski definition) is 1. The maximum Gasteiger partial charge on any atom is 0.275 e. The highest BCUT2D eigenvalue weighted by Crippen LogP contribution is 2.23. The average Bonchev–Trinajstić information content (AvgIpc) is 2.90. The molecule has 0 unspecified atom stereocenters. The Morgan fingerprint density at radius 1 is 1.00 bits per heavy atom. The van der Waals surface area contributed by atoms with E-state index in [-0.39, 0.29) is 5.56 Å². The molecule has 1 N–H and O–H groups in total. The minimum absolute atomic E-state index is 0.0598. The summed E-state index contributed by atoms with van der Waals surface area (Å²) >= 11 is 0. The lowest BCUT2D eigenvalue weighted by molar-refractivity contribution is 0.786. The van der Waals surface area contributed by atoms with E-state index in [0.717, 1.165) is 47.3 Å². The number of benzene rings is 2. The fourth-order valence-electron chi connectivity index (χ4n) is 2.97. The molecule has 2 aromatic carbocycles. The molecule has 3 heteroatoms. The standard InChI is InChI=1S/C21H24N2O/c1-4-5-9-19-20(17-12-10-15(2)11-13-17)22-23(21(19)24)18-8-6-7-16(3)14-18/h6-8,10-14,22H,4-5,9H2,1-3H3. The Labute approximate surface area is 143 Å². The predicted octanol–water partition coefficient (Wildman–Crippen LogP) is 4.79. The first-order valence-electron chi connectivity index (χ1n) is 8.58. The zero-order valence-electron chi connectivity index (χ0n) is 14.6. The third-order valence-electron chi connectivity index (χ3n) is 4.37. The van der Waals surface area contributed by atoms with Crippen molar-refractivity contribution in [1.82, 2.24) is 9.78 Å². The summed E-state index contributed by atoms with van der Waals surface area (Å²) in [6.07, 6.45) is 2.88. The van der Waals surface area contributed by atoms with Crippen LogP contribution in [0.1, 0.15) is 36.5 Å². The molecule has 124 valence electrons. The van der Waals surface area contributed by atoms with Crippen LogP contribution in [0.15, 0.2) is 53.3 Å². The van der Waals surface area contributed by atoms with Crippen molar-refractivity contribution in [2.75, 3.05) is 0 Å². The molecule has 3 aromatic rings. The van der Waals surface area contributed by atoms with Crippen LogP contribution in [0.4, 0.5) is 0 Å². The number of unbranched alkanes of at least 4 members (excludes halogenated alkanes) is 1. The molecule has 0 aliphatic rings. The number of aryl methyl sites for hydroxylation is 2. The van der Waals surface area contributed by atoms with Crippen molar-refractivity contribution in [1.29, 1.82) is 0 Å². The Morgan fingerprint density at radius 3 is 2.42 bits per heavy atom. The summed E-state index contributed by atoms with van der Waals surface area (Å²) in [4.78, 5) is 13.0. The highest BCUT2D eigenvalue weighted by Gasteiger charge is 2.16. The first kappa shape index (κ1) is 16.3. The summed E-state index contributed by atoms with van der Waals surface area (Å²) < 4.78 is 1.67. The predicted molar refractivity (Wildman–Crippen MR) is 99.9 cm³/mol. The number of hydrogen-bond donors (Lipinski definition) is 1. The minimum atomic E-state index is 0.0598. The van der Waals surface area contributed by atoms with Gasteiger partial charge in [0.05, 0.1) is 11.4 Å². The van der Waals surface area contributed by atoms with E-state index in [4.69, 9.17) is 0 Å². The monoisotopic (exact) mass is 320 g/mol. The molecule has 1 aromatic heterocycles. The van der Waals surface area contributed by atoms with Crippen molar-refractivity contribution < 1.29 is 0 Å². The molecular formula is C21H24N2O. The zero-order chi connectivity index (χ0) is 17.1. The van der Waals surface area contributed by atoms with Gasteiger partial charge in [-0.25, -0.2) is 4.68 Å². The highest BCUT2D eigenvalue weighted by molar-refractivity contribution is 5.63. The summed E-state index contributed by atoms with van der Waals surface area (Å²) in [5.74, 6) is 0. The van der Waals surface area contributed by atoms with Crippen LogP contribution in [0, 0.1) is 13.8 Å². The molecule has 0 saturated carbocycles. The van der Waals surface area contributed by atoms with Crippen LogP contribution in [0.25, 0.3) is 16.9 Å². The summed E-state index contributed by atoms with van der Waals surface area (Å²) in [5, 5.41) is 3.34. The van der Waals surface area contributed by atoms with Crippen LogP contribution in [0.2, 0.25) is 0 Å². The topological polar surface area (TPSA) is 37.8 Å². The first-order valence-corrected chi connectivity index (χ1v) is 8.58. The molecule has 0 radical (unpaired) electrons. The van der Waals surface area contributed by atoms with Gasteiger partial charge >= 0.3 is 0 Å². The van der Waals surface area contributed by atoms with Gasteiger partial charge in [-0.15, -0.1) is 0 Å². The summed E-state index contributed by atoms with van der Waals surface area (Å²) in [6.45, 7) is 6.26. The highest BCUT2D eigenvalue weighted by atomic mass is 16.1. The van der Waals surface area contributed by atoms with Gasteiger partial charge in [0.15, 0.2) is 0 Å². The number of nitrogens with one attached hydrogen (secondary N) is 1. The third kappa shape index (κ3) is 3.21. The summed E-state index contributed by atoms with van der Waals surface area (Å²) in [5.41, 5.74) is 6.18. The van der Waals surface area contributed by atoms with Gasteiger partial charge < -0.3 is 0 Å². The number of aromatic nitrogens is 2. The largest absolute Gasteiger partial charge is 0.290 e. The van der Waals surface area contributed by atoms with E-state index in [9.17, 15) is 4.79 Å². The van der Waals surface area contributed by atoms with E-state index < -0.39 is 0 Å². The second kappa shape index (κ2) is 6.91. The van der Waals surface area contributed by atoms with E-state index in [1.54, 1.807) is 4.68 Å². The van der Waals surface area contributed by atoms with Crippen LogP contribution < -0.4 is 5.56 Å². The van der Waals surface area contributed by atoms with Gasteiger partial charge in [0.2, 0.25) is 0 Å². The summed E-state index contributed by atoms with van der Waals surface area (Å²) in [6, 6.07) is 16.3. The molecule has 3 nitrogen and oxygen atoms in total. The molecule has 3 rings (SSSR count). The van der Waals surface area contributed by atoms with E-state index in [2.05, 4.69) is 43.2 Å². The first-order chi connectivity index (χ1) is 11.6. The molecule has 0 saturated heterocycles. The molecule has 0 bridgehead atoms. The average molecular weight is 320 g/mol. The van der Waals surface area contributed by atoms with Crippen LogP contribution in [0.5, 0.6) is 0 Å². The third-order valence-corrected chi connectivity index (χ3v) is 4.37. The fraction of sp³-hybridized carbons (Fsp3) is 0.286. The van der Waals surface area contributed by atoms with Gasteiger partial charge in [-0.2, -0.15) is 0 Å².